The fourth-order valence-corrected chi connectivity index (χ4v) is 1.74. The molecular formula is C12H14O5. The van der Waals surface area contributed by atoms with Gasteiger partial charge in [0.25, 0.3) is 0 Å². The number of aliphatic hydroxyl groups is 2. The molecule has 0 aliphatic carbocycles. The first-order chi connectivity index (χ1) is 8.26. The van der Waals surface area contributed by atoms with Crippen molar-refractivity contribution in [3.05, 3.63) is 35.9 Å². The Labute approximate surface area is 98.6 Å². The van der Waals surface area contributed by atoms with Crippen LogP contribution < -0.4 is 0 Å². The van der Waals surface area contributed by atoms with Gasteiger partial charge in [0.2, 0.25) is 0 Å². The monoisotopic (exact) mass is 238 g/mol. The van der Waals surface area contributed by atoms with E-state index in [1.165, 1.54) is 0 Å². The van der Waals surface area contributed by atoms with E-state index in [-0.39, 0.29) is 6.61 Å². The molecule has 2 N–H and O–H groups in total. The molecule has 2 rings (SSSR count). The summed E-state index contributed by atoms with van der Waals surface area (Å²) in [5.41, 5.74) is 0.740. The second kappa shape index (κ2) is 5.37. The van der Waals surface area contributed by atoms with Gasteiger partial charge in [0.1, 0.15) is 18.3 Å². The molecule has 0 amide bonds. The largest absolute Gasteiger partial charge is 0.394 e. The summed E-state index contributed by atoms with van der Waals surface area (Å²) in [6.45, 7) is -0.363. The van der Waals surface area contributed by atoms with Crippen LogP contribution in [-0.2, 0) is 14.3 Å². The molecule has 1 heterocycles. The van der Waals surface area contributed by atoms with Gasteiger partial charge in [0.15, 0.2) is 12.6 Å². The Hall–Kier alpha value is -1.27. The number of benzene rings is 1. The van der Waals surface area contributed by atoms with Crippen molar-refractivity contribution in [1.29, 1.82) is 0 Å². The van der Waals surface area contributed by atoms with Crippen LogP contribution in [0, 0.1) is 0 Å². The van der Waals surface area contributed by atoms with Gasteiger partial charge in [-0.05, 0) is 0 Å². The lowest BCUT2D eigenvalue weighted by Crippen LogP contribution is -2.49. The van der Waals surface area contributed by atoms with Crippen molar-refractivity contribution in [3.8, 4) is 0 Å². The summed E-state index contributed by atoms with van der Waals surface area (Å²) in [7, 11) is 0. The number of carbonyl (C=O) groups is 1. The van der Waals surface area contributed by atoms with Crippen molar-refractivity contribution in [3.63, 3.8) is 0 Å². The van der Waals surface area contributed by atoms with Crippen LogP contribution in [0.4, 0.5) is 0 Å². The molecule has 1 aromatic carbocycles. The van der Waals surface area contributed by atoms with E-state index in [0.29, 0.717) is 6.29 Å². The predicted octanol–water partition coefficient (Wildman–Crippen LogP) is 0.0213. The van der Waals surface area contributed by atoms with Gasteiger partial charge in [0, 0.05) is 5.56 Å². The molecule has 1 aliphatic rings. The van der Waals surface area contributed by atoms with Gasteiger partial charge < -0.3 is 24.5 Å². The average molecular weight is 238 g/mol. The van der Waals surface area contributed by atoms with E-state index in [2.05, 4.69) is 0 Å². The first kappa shape index (κ1) is 12.2. The van der Waals surface area contributed by atoms with Crippen LogP contribution in [0.2, 0.25) is 0 Å². The van der Waals surface area contributed by atoms with Crippen LogP contribution in [0.1, 0.15) is 11.9 Å². The Morgan fingerprint density at radius 1 is 1.24 bits per heavy atom. The van der Waals surface area contributed by atoms with Crippen molar-refractivity contribution in [1.82, 2.24) is 0 Å². The third kappa shape index (κ3) is 2.53. The average Bonchev–Trinajstić information content (AvgIpc) is 2.40. The Balaban J connectivity index is 2.17. The maximum atomic E-state index is 10.8. The lowest BCUT2D eigenvalue weighted by Gasteiger charge is -2.36. The highest BCUT2D eigenvalue weighted by molar-refractivity contribution is 5.57. The van der Waals surface area contributed by atoms with E-state index in [1.807, 2.05) is 18.2 Å². The number of hydrogen-bond donors (Lipinski definition) is 2. The van der Waals surface area contributed by atoms with Gasteiger partial charge in [-0.2, -0.15) is 0 Å². The molecule has 5 nitrogen and oxygen atoms in total. The molecular weight excluding hydrogens is 224 g/mol. The molecule has 4 atom stereocenters. The minimum Gasteiger partial charge on any atom is -0.394 e. The Morgan fingerprint density at radius 2 is 1.94 bits per heavy atom. The van der Waals surface area contributed by atoms with Gasteiger partial charge in [-0.15, -0.1) is 0 Å². The fourth-order valence-electron chi connectivity index (χ4n) is 1.74. The molecule has 0 bridgehead atoms. The number of ether oxygens (including phenoxy) is 2. The Kier molecular flexibility index (Phi) is 3.86. The minimum absolute atomic E-state index is 0.363. The molecule has 1 saturated heterocycles. The zero-order valence-corrected chi connectivity index (χ0v) is 9.10. The maximum absolute atomic E-state index is 10.8. The number of aliphatic hydroxyl groups excluding tert-OH is 2. The summed E-state index contributed by atoms with van der Waals surface area (Å²) in [5.74, 6) is 0. The third-order valence-corrected chi connectivity index (χ3v) is 2.68. The maximum Gasteiger partial charge on any atom is 0.185 e. The molecule has 1 aliphatic heterocycles. The predicted molar refractivity (Wildman–Crippen MR) is 58.1 cm³/mol. The van der Waals surface area contributed by atoms with Gasteiger partial charge in [-0.1, -0.05) is 30.3 Å². The lowest BCUT2D eigenvalue weighted by atomic mass is 10.1. The van der Waals surface area contributed by atoms with Crippen LogP contribution >= 0.6 is 0 Å². The summed E-state index contributed by atoms with van der Waals surface area (Å²) in [6, 6.07) is 9.06. The SMILES string of the molecule is O=C[C@H]1OC(c2ccccc2)O[C@@H](CO)[C@H]1O. The fraction of sp³-hybridized carbons (Fsp3) is 0.417. The number of carbonyl (C=O) groups excluding carboxylic acids is 1. The number of aldehydes is 1. The molecule has 1 aromatic rings. The highest BCUT2D eigenvalue weighted by Gasteiger charge is 2.38. The molecule has 17 heavy (non-hydrogen) atoms. The molecule has 0 saturated carbocycles. The van der Waals surface area contributed by atoms with E-state index < -0.39 is 24.6 Å². The highest BCUT2D eigenvalue weighted by atomic mass is 16.7. The summed E-state index contributed by atoms with van der Waals surface area (Å²) < 4.78 is 10.7. The van der Waals surface area contributed by atoms with Crippen LogP contribution in [0.3, 0.4) is 0 Å². The van der Waals surface area contributed by atoms with E-state index in [0.717, 1.165) is 5.56 Å². The van der Waals surface area contributed by atoms with Crippen LogP contribution in [0.5, 0.6) is 0 Å². The topological polar surface area (TPSA) is 76.0 Å². The first-order valence-electron chi connectivity index (χ1n) is 5.36. The van der Waals surface area contributed by atoms with Crippen molar-refractivity contribution >= 4 is 6.29 Å². The minimum atomic E-state index is -1.14. The van der Waals surface area contributed by atoms with Crippen LogP contribution in [0.15, 0.2) is 30.3 Å². The summed E-state index contributed by atoms with van der Waals surface area (Å²) in [6.07, 6.45) is -3.16. The molecule has 0 radical (unpaired) electrons. The van der Waals surface area contributed by atoms with Crippen molar-refractivity contribution in [2.75, 3.05) is 6.61 Å². The van der Waals surface area contributed by atoms with Gasteiger partial charge in [0.05, 0.1) is 6.61 Å². The molecule has 1 fully saturated rings. The molecule has 0 aromatic heterocycles. The zero-order chi connectivity index (χ0) is 12.3. The number of rotatable bonds is 3. The van der Waals surface area contributed by atoms with Crippen molar-refractivity contribution in [2.24, 2.45) is 0 Å². The molecule has 5 heteroatoms. The number of hydrogen-bond acceptors (Lipinski definition) is 5. The Bertz CT molecular complexity index is 366. The second-order valence-electron chi connectivity index (χ2n) is 3.83. The second-order valence-corrected chi connectivity index (χ2v) is 3.83. The van der Waals surface area contributed by atoms with Crippen LogP contribution in [-0.4, -0.2) is 41.4 Å². The van der Waals surface area contributed by atoms with E-state index in [4.69, 9.17) is 14.6 Å². The summed E-state index contributed by atoms with van der Waals surface area (Å²) in [4.78, 5) is 10.8. The zero-order valence-electron chi connectivity index (χ0n) is 9.10. The quantitative estimate of drug-likeness (QED) is 0.726. The third-order valence-electron chi connectivity index (χ3n) is 2.68. The first-order valence-corrected chi connectivity index (χ1v) is 5.36. The molecule has 92 valence electrons. The lowest BCUT2D eigenvalue weighted by molar-refractivity contribution is -0.283. The standard InChI is InChI=1S/C12H14O5/c13-6-9-11(15)10(7-14)17-12(16-9)8-4-2-1-3-5-8/h1-6,9-12,14-15H,7H2/t9-,10+,11+,12?/m1/s1. The summed E-state index contributed by atoms with van der Waals surface area (Å²) >= 11 is 0. The molecule has 1 unspecified atom stereocenters. The van der Waals surface area contributed by atoms with Crippen LogP contribution in [0.25, 0.3) is 0 Å². The Morgan fingerprint density at radius 3 is 2.53 bits per heavy atom. The van der Waals surface area contributed by atoms with Crippen molar-refractivity contribution in [2.45, 2.75) is 24.6 Å². The normalized spacial score (nSPS) is 33.3. The van der Waals surface area contributed by atoms with Gasteiger partial charge in [-0.3, -0.25) is 0 Å². The summed E-state index contributed by atoms with van der Waals surface area (Å²) in [5, 5.41) is 18.7. The van der Waals surface area contributed by atoms with E-state index in [1.54, 1.807) is 12.1 Å². The smallest absolute Gasteiger partial charge is 0.185 e. The van der Waals surface area contributed by atoms with Gasteiger partial charge in [-0.25, -0.2) is 0 Å². The molecule has 0 spiro atoms. The van der Waals surface area contributed by atoms with Gasteiger partial charge >= 0.3 is 0 Å². The van der Waals surface area contributed by atoms with E-state index in [9.17, 15) is 9.90 Å². The van der Waals surface area contributed by atoms with E-state index >= 15 is 0 Å². The highest BCUT2D eigenvalue weighted by Crippen LogP contribution is 2.29. The van der Waals surface area contributed by atoms with Crippen molar-refractivity contribution < 1.29 is 24.5 Å².